The Morgan fingerprint density at radius 2 is 1.65 bits per heavy atom. The Balaban J connectivity index is 2.96. The molecule has 0 aliphatic carbocycles. The van der Waals surface area contributed by atoms with Crippen LogP contribution in [0.2, 0.25) is 0 Å². The molecule has 6 unspecified atom stereocenters. The largest absolute Gasteiger partial charge is 0.481 e. The summed E-state index contributed by atoms with van der Waals surface area (Å²) in [5.74, 6) is -5.85. The van der Waals surface area contributed by atoms with Crippen LogP contribution < -0.4 is 21.7 Å². The zero-order valence-electron chi connectivity index (χ0n) is 19.1. The van der Waals surface area contributed by atoms with Crippen LogP contribution in [-0.4, -0.2) is 85.2 Å². The molecule has 190 valence electrons. The number of hydrogen-bond acceptors (Lipinski definition) is 8. The molecular weight excluding hydrogens is 452 g/mol. The van der Waals surface area contributed by atoms with Gasteiger partial charge in [-0.15, -0.1) is 0 Å². The second-order valence-corrected chi connectivity index (χ2v) is 7.98. The maximum Gasteiger partial charge on any atom is 0.326 e. The molecule has 0 fully saturated rings. The highest BCUT2D eigenvalue weighted by Gasteiger charge is 2.34. The number of rotatable bonds is 14. The summed E-state index contributed by atoms with van der Waals surface area (Å²) in [6, 6.07) is -5.63. The molecule has 0 aromatic carbocycles. The minimum Gasteiger partial charge on any atom is -0.481 e. The molecule has 3 amide bonds. The first-order valence-electron chi connectivity index (χ1n) is 10.6. The predicted octanol–water partition coefficient (Wildman–Crippen LogP) is -2.28. The second-order valence-electron chi connectivity index (χ2n) is 7.98. The molecule has 1 rings (SSSR count). The van der Waals surface area contributed by atoms with E-state index in [0.717, 1.165) is 0 Å². The van der Waals surface area contributed by atoms with Crippen LogP contribution in [0.15, 0.2) is 12.5 Å². The molecule has 0 aliphatic rings. The molecule has 9 N–H and O–H groups in total. The molecule has 0 radical (unpaired) electrons. The lowest BCUT2D eigenvalue weighted by atomic mass is 9.99. The Kier molecular flexibility index (Phi) is 11.1. The molecule has 1 heterocycles. The lowest BCUT2D eigenvalue weighted by Crippen LogP contribution is -2.60. The first-order valence-corrected chi connectivity index (χ1v) is 10.6. The number of aromatic nitrogens is 2. The molecule has 0 bridgehead atoms. The lowest BCUT2D eigenvalue weighted by Gasteiger charge is -2.26. The predicted molar refractivity (Wildman–Crippen MR) is 117 cm³/mol. The minimum absolute atomic E-state index is 0.146. The van der Waals surface area contributed by atoms with Gasteiger partial charge in [-0.3, -0.25) is 19.2 Å². The fraction of sp³-hybridized carbons (Fsp3) is 0.600. The maximum absolute atomic E-state index is 12.7. The van der Waals surface area contributed by atoms with Gasteiger partial charge in [-0.1, -0.05) is 20.3 Å². The first-order chi connectivity index (χ1) is 15.9. The molecule has 0 aliphatic heterocycles. The van der Waals surface area contributed by atoms with Gasteiger partial charge in [-0.05, 0) is 12.8 Å². The van der Waals surface area contributed by atoms with E-state index >= 15 is 0 Å². The van der Waals surface area contributed by atoms with Gasteiger partial charge in [0.1, 0.15) is 18.1 Å². The van der Waals surface area contributed by atoms with Crippen molar-refractivity contribution in [3.63, 3.8) is 0 Å². The Morgan fingerprint density at radius 3 is 2.12 bits per heavy atom. The average molecular weight is 485 g/mol. The molecule has 6 atom stereocenters. The van der Waals surface area contributed by atoms with Gasteiger partial charge in [0.2, 0.25) is 17.7 Å². The molecule has 1 aromatic rings. The summed E-state index contributed by atoms with van der Waals surface area (Å²) in [4.78, 5) is 67.0. The van der Waals surface area contributed by atoms with E-state index in [9.17, 15) is 34.2 Å². The van der Waals surface area contributed by atoms with Crippen LogP contribution in [0.25, 0.3) is 0 Å². The number of amides is 3. The summed E-state index contributed by atoms with van der Waals surface area (Å²) < 4.78 is 0. The summed E-state index contributed by atoms with van der Waals surface area (Å²) in [5, 5.41) is 35.2. The van der Waals surface area contributed by atoms with E-state index in [1.165, 1.54) is 19.4 Å². The van der Waals surface area contributed by atoms with E-state index in [1.54, 1.807) is 6.92 Å². The third-order valence-electron chi connectivity index (χ3n) is 5.23. The number of aliphatic carboxylic acids is 2. The van der Waals surface area contributed by atoms with Gasteiger partial charge in [0.25, 0.3) is 0 Å². The number of aliphatic hydroxyl groups excluding tert-OH is 1. The topological polar surface area (TPSA) is 237 Å². The summed E-state index contributed by atoms with van der Waals surface area (Å²) in [7, 11) is 0. The number of nitrogens with one attached hydrogen (secondary N) is 4. The molecule has 0 spiro atoms. The summed E-state index contributed by atoms with van der Waals surface area (Å²) in [6.07, 6.45) is 0.841. The van der Waals surface area contributed by atoms with E-state index in [4.69, 9.17) is 10.8 Å². The Bertz CT molecular complexity index is 859. The smallest absolute Gasteiger partial charge is 0.326 e. The molecule has 1 aromatic heterocycles. The van der Waals surface area contributed by atoms with Gasteiger partial charge in [0.05, 0.1) is 24.9 Å². The van der Waals surface area contributed by atoms with Gasteiger partial charge >= 0.3 is 11.9 Å². The van der Waals surface area contributed by atoms with E-state index in [2.05, 4.69) is 25.9 Å². The molecule has 14 heteroatoms. The van der Waals surface area contributed by atoms with Gasteiger partial charge in [-0.25, -0.2) is 9.78 Å². The van der Waals surface area contributed by atoms with Crippen LogP contribution >= 0.6 is 0 Å². The highest BCUT2D eigenvalue weighted by molar-refractivity contribution is 5.95. The summed E-state index contributed by atoms with van der Waals surface area (Å²) >= 11 is 0. The number of aromatic amines is 1. The fourth-order valence-corrected chi connectivity index (χ4v) is 2.90. The van der Waals surface area contributed by atoms with Crippen molar-refractivity contribution in [2.45, 2.75) is 70.3 Å². The van der Waals surface area contributed by atoms with Crippen LogP contribution in [0.1, 0.15) is 39.3 Å². The van der Waals surface area contributed by atoms with Crippen molar-refractivity contribution < 1.29 is 39.3 Å². The molecule has 0 saturated heterocycles. The van der Waals surface area contributed by atoms with Gasteiger partial charge in [0.15, 0.2) is 0 Å². The van der Waals surface area contributed by atoms with E-state index in [1.807, 2.05) is 6.92 Å². The van der Waals surface area contributed by atoms with Crippen molar-refractivity contribution in [3.05, 3.63) is 18.2 Å². The molecule has 0 saturated carbocycles. The Hall–Kier alpha value is -3.52. The zero-order chi connectivity index (χ0) is 26.0. The number of carbonyl (C=O) groups excluding carboxylic acids is 3. The SMILES string of the molecule is CCC(C)C(N)C(=O)NC(CC(=O)O)C(=O)NC(C(=O)NC(Cc1cnc[nH]1)C(=O)O)C(C)O. The maximum atomic E-state index is 12.7. The number of carboxylic acid groups (broad SMARTS) is 2. The third-order valence-corrected chi connectivity index (χ3v) is 5.23. The third kappa shape index (κ3) is 8.78. The van der Waals surface area contributed by atoms with Crippen molar-refractivity contribution >= 4 is 29.7 Å². The van der Waals surface area contributed by atoms with E-state index < -0.39 is 66.4 Å². The lowest BCUT2D eigenvalue weighted by molar-refractivity contribution is -0.144. The van der Waals surface area contributed by atoms with Crippen LogP contribution in [0.4, 0.5) is 0 Å². The Labute approximate surface area is 195 Å². The quantitative estimate of drug-likeness (QED) is 0.141. The van der Waals surface area contributed by atoms with Crippen LogP contribution in [0.5, 0.6) is 0 Å². The fourth-order valence-electron chi connectivity index (χ4n) is 2.90. The number of carbonyl (C=O) groups is 5. The second kappa shape index (κ2) is 13.3. The number of nitrogens with two attached hydrogens (primary N) is 1. The van der Waals surface area contributed by atoms with Crippen LogP contribution in [-0.2, 0) is 30.4 Å². The van der Waals surface area contributed by atoms with Crippen molar-refractivity contribution in [2.24, 2.45) is 11.7 Å². The molecular formula is C20H32N6O8. The minimum atomic E-state index is -1.63. The normalized spacial score (nSPS) is 16.3. The standard InChI is InChI=1S/C20H32N6O8/c1-4-9(2)15(21)18(31)24-12(6-14(28)29)17(30)26-16(10(3)27)19(32)25-13(20(33)34)5-11-7-22-8-23-11/h7-10,12-13,15-16,27H,4-6,21H2,1-3H3,(H,22,23)(H,24,31)(H,25,32)(H,26,30)(H,28,29)(H,33,34). The number of carboxylic acids is 2. The van der Waals surface area contributed by atoms with Crippen molar-refractivity contribution in [3.8, 4) is 0 Å². The van der Waals surface area contributed by atoms with E-state index in [-0.39, 0.29) is 12.3 Å². The Morgan fingerprint density at radius 1 is 1.03 bits per heavy atom. The van der Waals surface area contributed by atoms with Crippen molar-refractivity contribution in [1.82, 2.24) is 25.9 Å². The van der Waals surface area contributed by atoms with Gasteiger partial charge < -0.3 is 42.0 Å². The van der Waals surface area contributed by atoms with Crippen LogP contribution in [0.3, 0.4) is 0 Å². The molecule has 14 nitrogen and oxygen atoms in total. The monoisotopic (exact) mass is 484 g/mol. The van der Waals surface area contributed by atoms with Gasteiger partial charge in [-0.2, -0.15) is 0 Å². The number of aliphatic hydroxyl groups is 1. The van der Waals surface area contributed by atoms with Crippen LogP contribution in [0, 0.1) is 5.92 Å². The highest BCUT2D eigenvalue weighted by atomic mass is 16.4. The average Bonchev–Trinajstić information content (AvgIpc) is 3.27. The number of nitrogens with zero attached hydrogens (tertiary/aromatic N) is 1. The van der Waals surface area contributed by atoms with E-state index in [0.29, 0.717) is 12.1 Å². The summed E-state index contributed by atoms with van der Waals surface area (Å²) in [6.45, 7) is 4.70. The number of imidazole rings is 1. The molecule has 34 heavy (non-hydrogen) atoms. The van der Waals surface area contributed by atoms with Crippen molar-refractivity contribution in [2.75, 3.05) is 0 Å². The number of hydrogen-bond donors (Lipinski definition) is 8. The number of H-pyrrole nitrogens is 1. The first kappa shape index (κ1) is 28.5. The van der Waals surface area contributed by atoms with Crippen molar-refractivity contribution in [1.29, 1.82) is 0 Å². The zero-order valence-corrected chi connectivity index (χ0v) is 19.1. The van der Waals surface area contributed by atoms with Gasteiger partial charge in [0, 0.05) is 18.3 Å². The highest BCUT2D eigenvalue weighted by Crippen LogP contribution is 2.07. The summed E-state index contributed by atoms with van der Waals surface area (Å²) in [5.41, 5.74) is 6.25.